The molecule has 1 rings (SSSR count). The van der Waals surface area contributed by atoms with E-state index in [1.54, 1.807) is 0 Å². The Morgan fingerprint density at radius 3 is 2.71 bits per heavy atom. The molecule has 0 radical (unpaired) electrons. The minimum atomic E-state index is 0.0959. The highest BCUT2D eigenvalue weighted by Gasteiger charge is 2.18. The fourth-order valence-corrected chi connectivity index (χ4v) is 1.54. The van der Waals surface area contributed by atoms with Gasteiger partial charge in [0.25, 0.3) is 0 Å². The summed E-state index contributed by atoms with van der Waals surface area (Å²) in [4.78, 5) is 4.43. The molecule has 2 heteroatoms. The van der Waals surface area contributed by atoms with Gasteiger partial charge in [-0.05, 0) is 30.7 Å². The largest absolute Gasteiger partial charge is 0.313 e. The molecule has 1 aromatic heterocycles. The lowest BCUT2D eigenvalue weighted by Crippen LogP contribution is -2.16. The summed E-state index contributed by atoms with van der Waals surface area (Å²) in [6, 6.07) is 4.08. The van der Waals surface area contributed by atoms with Crippen LogP contribution in [0.4, 0.5) is 0 Å². The van der Waals surface area contributed by atoms with Crippen LogP contribution in [0.15, 0.2) is 18.3 Å². The first-order chi connectivity index (χ1) is 6.55. The van der Waals surface area contributed by atoms with Crippen molar-refractivity contribution in [3.05, 3.63) is 29.6 Å². The SMILES string of the molecule is CC(C)(C)c1ncccc1CCC=N. The van der Waals surface area contributed by atoms with Gasteiger partial charge in [0, 0.05) is 17.3 Å². The molecule has 2 nitrogen and oxygen atoms in total. The number of rotatable bonds is 3. The van der Waals surface area contributed by atoms with Crippen LogP contribution in [-0.4, -0.2) is 11.2 Å². The van der Waals surface area contributed by atoms with E-state index in [0.29, 0.717) is 0 Å². The zero-order chi connectivity index (χ0) is 10.6. The predicted molar refractivity (Wildman–Crippen MR) is 60.0 cm³/mol. The van der Waals surface area contributed by atoms with Gasteiger partial charge in [-0.2, -0.15) is 0 Å². The smallest absolute Gasteiger partial charge is 0.0489 e. The molecule has 14 heavy (non-hydrogen) atoms. The molecule has 0 saturated heterocycles. The zero-order valence-corrected chi connectivity index (χ0v) is 9.17. The third-order valence-electron chi connectivity index (χ3n) is 2.16. The second-order valence-electron chi connectivity index (χ2n) is 4.50. The van der Waals surface area contributed by atoms with Gasteiger partial charge >= 0.3 is 0 Å². The molecule has 76 valence electrons. The molecule has 0 spiro atoms. The van der Waals surface area contributed by atoms with Crippen molar-refractivity contribution in [2.45, 2.75) is 39.0 Å². The van der Waals surface area contributed by atoms with Crippen molar-refractivity contribution in [3.8, 4) is 0 Å². The fraction of sp³-hybridized carbons (Fsp3) is 0.500. The number of nitrogens with zero attached hydrogens (tertiary/aromatic N) is 1. The molecule has 1 N–H and O–H groups in total. The summed E-state index contributed by atoms with van der Waals surface area (Å²) in [7, 11) is 0. The van der Waals surface area contributed by atoms with Crippen LogP contribution in [0, 0.1) is 5.41 Å². The third kappa shape index (κ3) is 2.66. The second-order valence-corrected chi connectivity index (χ2v) is 4.50. The lowest BCUT2D eigenvalue weighted by Gasteiger charge is -2.20. The Morgan fingerprint density at radius 2 is 2.14 bits per heavy atom. The highest BCUT2D eigenvalue weighted by Crippen LogP contribution is 2.23. The zero-order valence-electron chi connectivity index (χ0n) is 9.17. The van der Waals surface area contributed by atoms with Crippen LogP contribution < -0.4 is 0 Å². The topological polar surface area (TPSA) is 36.7 Å². The van der Waals surface area contributed by atoms with Gasteiger partial charge in [0.05, 0.1) is 0 Å². The summed E-state index contributed by atoms with van der Waals surface area (Å²) in [6.07, 6.45) is 5.02. The number of aryl methyl sites for hydroxylation is 1. The first-order valence-electron chi connectivity index (χ1n) is 4.99. The van der Waals surface area contributed by atoms with Gasteiger partial charge in [-0.1, -0.05) is 26.8 Å². The number of pyridine rings is 1. The first-order valence-corrected chi connectivity index (χ1v) is 4.99. The molecular weight excluding hydrogens is 172 g/mol. The number of nitrogens with one attached hydrogen (secondary N) is 1. The average molecular weight is 190 g/mol. The van der Waals surface area contributed by atoms with E-state index in [9.17, 15) is 0 Å². The van der Waals surface area contributed by atoms with E-state index in [0.717, 1.165) is 18.5 Å². The monoisotopic (exact) mass is 190 g/mol. The van der Waals surface area contributed by atoms with Crippen molar-refractivity contribution < 1.29 is 0 Å². The van der Waals surface area contributed by atoms with E-state index in [-0.39, 0.29) is 5.41 Å². The van der Waals surface area contributed by atoms with Crippen molar-refractivity contribution in [2.75, 3.05) is 0 Å². The Balaban J connectivity index is 2.97. The van der Waals surface area contributed by atoms with Gasteiger partial charge < -0.3 is 5.41 Å². The molecule has 0 bridgehead atoms. The number of hydrogen-bond donors (Lipinski definition) is 1. The van der Waals surface area contributed by atoms with Gasteiger partial charge in [-0.15, -0.1) is 0 Å². The van der Waals surface area contributed by atoms with Crippen molar-refractivity contribution in [2.24, 2.45) is 0 Å². The molecule has 0 fully saturated rings. The van der Waals surface area contributed by atoms with Crippen molar-refractivity contribution in [1.82, 2.24) is 4.98 Å². The molecule has 0 aliphatic carbocycles. The maximum Gasteiger partial charge on any atom is 0.0489 e. The van der Waals surface area contributed by atoms with Gasteiger partial charge in [-0.3, -0.25) is 4.98 Å². The van der Waals surface area contributed by atoms with E-state index < -0.39 is 0 Å². The average Bonchev–Trinajstić information content (AvgIpc) is 2.14. The third-order valence-corrected chi connectivity index (χ3v) is 2.16. The van der Waals surface area contributed by atoms with Crippen molar-refractivity contribution in [1.29, 1.82) is 5.41 Å². The Bertz CT molecular complexity index is 310. The Morgan fingerprint density at radius 1 is 1.43 bits per heavy atom. The molecule has 1 heterocycles. The van der Waals surface area contributed by atoms with Crippen LogP contribution in [0.2, 0.25) is 0 Å². The lowest BCUT2D eigenvalue weighted by atomic mass is 9.87. The quantitative estimate of drug-likeness (QED) is 0.731. The summed E-state index contributed by atoms with van der Waals surface area (Å²) in [6.45, 7) is 6.51. The highest BCUT2D eigenvalue weighted by molar-refractivity contribution is 5.53. The molecule has 0 amide bonds. The summed E-state index contributed by atoms with van der Waals surface area (Å²) >= 11 is 0. The number of aromatic nitrogens is 1. The van der Waals surface area contributed by atoms with Gasteiger partial charge in [0.15, 0.2) is 0 Å². The van der Waals surface area contributed by atoms with E-state index in [1.807, 2.05) is 12.3 Å². The summed E-state index contributed by atoms with van der Waals surface area (Å²) in [5.74, 6) is 0. The number of hydrogen-bond acceptors (Lipinski definition) is 2. The summed E-state index contributed by atoms with van der Waals surface area (Å²) in [5.41, 5.74) is 2.52. The van der Waals surface area contributed by atoms with Crippen LogP contribution >= 0.6 is 0 Å². The van der Waals surface area contributed by atoms with Gasteiger partial charge in [-0.25, -0.2) is 0 Å². The molecule has 1 aromatic rings. The summed E-state index contributed by atoms with van der Waals surface area (Å²) < 4.78 is 0. The molecule has 0 atom stereocenters. The van der Waals surface area contributed by atoms with E-state index in [4.69, 9.17) is 5.41 Å². The normalized spacial score (nSPS) is 11.4. The van der Waals surface area contributed by atoms with Crippen LogP contribution in [0.25, 0.3) is 0 Å². The first kappa shape index (κ1) is 10.9. The Kier molecular flexibility index (Phi) is 3.39. The Labute approximate surface area is 85.9 Å². The molecule has 0 unspecified atom stereocenters. The minimum absolute atomic E-state index is 0.0959. The van der Waals surface area contributed by atoms with Crippen molar-refractivity contribution >= 4 is 6.21 Å². The fourth-order valence-electron chi connectivity index (χ4n) is 1.54. The maximum atomic E-state index is 7.03. The lowest BCUT2D eigenvalue weighted by molar-refractivity contribution is 0.560. The van der Waals surface area contributed by atoms with Crippen molar-refractivity contribution in [3.63, 3.8) is 0 Å². The minimum Gasteiger partial charge on any atom is -0.313 e. The maximum absolute atomic E-state index is 7.03. The predicted octanol–water partition coefficient (Wildman–Crippen LogP) is 2.96. The Hall–Kier alpha value is -1.18. The molecule has 0 saturated carbocycles. The second kappa shape index (κ2) is 4.36. The highest BCUT2D eigenvalue weighted by atomic mass is 14.7. The van der Waals surface area contributed by atoms with Crippen LogP contribution in [0.1, 0.15) is 38.4 Å². The van der Waals surface area contributed by atoms with E-state index in [1.165, 1.54) is 11.8 Å². The van der Waals surface area contributed by atoms with E-state index in [2.05, 4.69) is 31.8 Å². The van der Waals surface area contributed by atoms with Gasteiger partial charge in [0.1, 0.15) is 0 Å². The molecule has 0 aromatic carbocycles. The molecule has 0 aliphatic heterocycles. The van der Waals surface area contributed by atoms with Crippen LogP contribution in [-0.2, 0) is 11.8 Å². The van der Waals surface area contributed by atoms with Crippen LogP contribution in [0.3, 0.4) is 0 Å². The van der Waals surface area contributed by atoms with Gasteiger partial charge in [0.2, 0.25) is 0 Å². The summed E-state index contributed by atoms with van der Waals surface area (Å²) in [5, 5.41) is 7.03. The van der Waals surface area contributed by atoms with Crippen LogP contribution in [0.5, 0.6) is 0 Å². The molecular formula is C12H18N2. The molecule has 0 aliphatic rings. The standard InChI is InChI=1S/C12H18N2/c1-12(2,3)11-10(6-4-8-13)7-5-9-14-11/h5,7-9,13H,4,6H2,1-3H3. The van der Waals surface area contributed by atoms with E-state index >= 15 is 0 Å².